The summed E-state index contributed by atoms with van der Waals surface area (Å²) in [5.41, 5.74) is 0.0347. The molecule has 0 atom stereocenters. The van der Waals surface area contributed by atoms with Gasteiger partial charge in [0.25, 0.3) is 0 Å². The molecule has 0 radical (unpaired) electrons. The lowest BCUT2D eigenvalue weighted by molar-refractivity contribution is -0.141. The third-order valence-electron chi connectivity index (χ3n) is 2.13. The van der Waals surface area contributed by atoms with E-state index >= 15 is 0 Å². The third kappa shape index (κ3) is 3.90. The van der Waals surface area contributed by atoms with Crippen LogP contribution in [0, 0.1) is 5.92 Å². The second-order valence-corrected chi connectivity index (χ2v) is 3.98. The summed E-state index contributed by atoms with van der Waals surface area (Å²) in [6.45, 7) is 4.16. The van der Waals surface area contributed by atoms with Gasteiger partial charge in [0.2, 0.25) is 0 Å². The molecule has 0 aliphatic rings. The minimum absolute atomic E-state index is 0.548. The summed E-state index contributed by atoms with van der Waals surface area (Å²) in [6.07, 6.45) is -1.28. The molecule has 1 nitrogen and oxygen atoms in total. The monoisotopic (exact) mass is 217 g/mol. The van der Waals surface area contributed by atoms with Crippen molar-refractivity contribution in [1.29, 1.82) is 0 Å². The third-order valence-corrected chi connectivity index (χ3v) is 2.13. The Labute approximate surface area is 87.3 Å². The van der Waals surface area contributed by atoms with E-state index in [1.54, 1.807) is 0 Å². The fourth-order valence-electron chi connectivity index (χ4n) is 1.20. The maximum atomic E-state index is 12.2. The molecular weight excluding hydrogens is 203 g/mol. The highest BCUT2D eigenvalue weighted by Crippen LogP contribution is 2.27. The van der Waals surface area contributed by atoms with Crippen LogP contribution in [0.15, 0.2) is 18.3 Å². The molecule has 4 heteroatoms. The van der Waals surface area contributed by atoms with E-state index < -0.39 is 11.9 Å². The Morgan fingerprint density at radius 2 is 1.93 bits per heavy atom. The van der Waals surface area contributed by atoms with Crippen LogP contribution in [0.4, 0.5) is 13.2 Å². The normalized spacial score (nSPS) is 12.1. The zero-order valence-corrected chi connectivity index (χ0v) is 8.80. The van der Waals surface area contributed by atoms with E-state index in [0.717, 1.165) is 24.5 Å². The Bertz CT molecular complexity index is 301. The van der Waals surface area contributed by atoms with E-state index in [0.29, 0.717) is 5.92 Å². The van der Waals surface area contributed by atoms with Gasteiger partial charge in [-0.2, -0.15) is 13.2 Å². The highest BCUT2D eigenvalue weighted by atomic mass is 19.4. The molecule has 0 aromatic carbocycles. The SMILES string of the molecule is CC(C)CCc1ccc(C(F)(F)F)nc1. The number of alkyl halides is 3. The van der Waals surface area contributed by atoms with E-state index in [4.69, 9.17) is 0 Å². The topological polar surface area (TPSA) is 12.9 Å². The lowest BCUT2D eigenvalue weighted by Crippen LogP contribution is -2.07. The average molecular weight is 217 g/mol. The summed E-state index contributed by atoms with van der Waals surface area (Å²) in [5.74, 6) is 0.548. The number of pyridine rings is 1. The van der Waals surface area contributed by atoms with Gasteiger partial charge < -0.3 is 0 Å². The van der Waals surface area contributed by atoms with Gasteiger partial charge in [-0.1, -0.05) is 19.9 Å². The molecule has 0 spiro atoms. The van der Waals surface area contributed by atoms with Gasteiger partial charge in [-0.15, -0.1) is 0 Å². The van der Waals surface area contributed by atoms with Gasteiger partial charge in [0.05, 0.1) is 0 Å². The van der Waals surface area contributed by atoms with E-state index in [1.807, 2.05) is 0 Å². The van der Waals surface area contributed by atoms with Crippen molar-refractivity contribution in [3.8, 4) is 0 Å². The number of nitrogens with zero attached hydrogens (tertiary/aromatic N) is 1. The lowest BCUT2D eigenvalue weighted by atomic mass is 10.0. The summed E-state index contributed by atoms with van der Waals surface area (Å²) in [5, 5.41) is 0. The predicted octanol–water partition coefficient (Wildman–Crippen LogP) is 3.69. The fraction of sp³-hybridized carbons (Fsp3) is 0.545. The minimum atomic E-state index is -4.34. The van der Waals surface area contributed by atoms with Crippen LogP contribution in [0.3, 0.4) is 0 Å². The van der Waals surface area contributed by atoms with Gasteiger partial charge in [-0.25, -0.2) is 0 Å². The van der Waals surface area contributed by atoms with Crippen molar-refractivity contribution in [1.82, 2.24) is 4.98 Å². The number of halogens is 3. The standard InChI is InChI=1S/C11H14F3N/c1-8(2)3-4-9-5-6-10(15-7-9)11(12,13)14/h5-8H,3-4H2,1-2H3. The summed E-state index contributed by atoms with van der Waals surface area (Å²) in [4.78, 5) is 3.40. The number of aryl methyl sites for hydroxylation is 1. The quantitative estimate of drug-likeness (QED) is 0.752. The molecular formula is C11H14F3N. The molecule has 0 amide bonds. The first-order chi connectivity index (χ1) is 6.89. The zero-order valence-electron chi connectivity index (χ0n) is 8.80. The van der Waals surface area contributed by atoms with Gasteiger partial charge in [0, 0.05) is 6.20 Å². The molecule has 0 saturated heterocycles. The molecule has 15 heavy (non-hydrogen) atoms. The van der Waals surface area contributed by atoms with Crippen molar-refractivity contribution >= 4 is 0 Å². The average Bonchev–Trinajstić information content (AvgIpc) is 2.14. The van der Waals surface area contributed by atoms with Crippen molar-refractivity contribution in [2.24, 2.45) is 5.92 Å². The summed E-state index contributed by atoms with van der Waals surface area (Å²) < 4.78 is 36.5. The number of hydrogen-bond donors (Lipinski definition) is 0. The van der Waals surface area contributed by atoms with Gasteiger partial charge in [0.1, 0.15) is 5.69 Å². The van der Waals surface area contributed by atoms with Crippen LogP contribution in [0.2, 0.25) is 0 Å². The molecule has 0 fully saturated rings. The molecule has 0 aliphatic carbocycles. The number of hydrogen-bond acceptors (Lipinski definition) is 1. The molecule has 0 N–H and O–H groups in total. The maximum Gasteiger partial charge on any atom is 0.433 e. The first-order valence-corrected chi connectivity index (χ1v) is 4.91. The van der Waals surface area contributed by atoms with Gasteiger partial charge >= 0.3 is 6.18 Å². The smallest absolute Gasteiger partial charge is 0.252 e. The van der Waals surface area contributed by atoms with Crippen LogP contribution in [-0.4, -0.2) is 4.98 Å². The first-order valence-electron chi connectivity index (χ1n) is 4.91. The van der Waals surface area contributed by atoms with Crippen LogP contribution in [0.1, 0.15) is 31.5 Å². The summed E-state index contributed by atoms with van der Waals surface area (Å²) in [7, 11) is 0. The fourth-order valence-corrected chi connectivity index (χ4v) is 1.20. The van der Waals surface area contributed by atoms with E-state index in [1.165, 1.54) is 12.3 Å². The van der Waals surface area contributed by atoms with Crippen LogP contribution >= 0.6 is 0 Å². The Balaban J connectivity index is 2.65. The maximum absolute atomic E-state index is 12.2. The first kappa shape index (κ1) is 12.0. The highest BCUT2D eigenvalue weighted by Gasteiger charge is 2.31. The molecule has 0 unspecified atom stereocenters. The minimum Gasteiger partial charge on any atom is -0.252 e. The predicted molar refractivity (Wildman–Crippen MR) is 52.4 cm³/mol. The molecule has 1 heterocycles. The van der Waals surface area contributed by atoms with Crippen molar-refractivity contribution in [3.63, 3.8) is 0 Å². The van der Waals surface area contributed by atoms with Crippen molar-refractivity contribution in [2.45, 2.75) is 32.9 Å². The summed E-state index contributed by atoms with van der Waals surface area (Å²) in [6, 6.07) is 2.54. The van der Waals surface area contributed by atoms with Gasteiger partial charge in [-0.05, 0) is 30.4 Å². The Hall–Kier alpha value is -1.06. The molecule has 1 rings (SSSR count). The van der Waals surface area contributed by atoms with Crippen molar-refractivity contribution < 1.29 is 13.2 Å². The second-order valence-electron chi connectivity index (χ2n) is 3.98. The second kappa shape index (κ2) is 4.64. The molecule has 1 aromatic rings. The number of rotatable bonds is 3. The van der Waals surface area contributed by atoms with Crippen LogP contribution < -0.4 is 0 Å². The molecule has 0 bridgehead atoms. The van der Waals surface area contributed by atoms with Crippen LogP contribution in [0.5, 0.6) is 0 Å². The zero-order chi connectivity index (χ0) is 11.5. The number of aromatic nitrogens is 1. The van der Waals surface area contributed by atoms with E-state index in [-0.39, 0.29) is 0 Å². The van der Waals surface area contributed by atoms with Gasteiger partial charge in [0.15, 0.2) is 0 Å². The lowest BCUT2D eigenvalue weighted by Gasteiger charge is -2.07. The highest BCUT2D eigenvalue weighted by molar-refractivity contribution is 5.16. The largest absolute Gasteiger partial charge is 0.433 e. The van der Waals surface area contributed by atoms with Crippen molar-refractivity contribution in [2.75, 3.05) is 0 Å². The van der Waals surface area contributed by atoms with Crippen LogP contribution in [0.25, 0.3) is 0 Å². The molecule has 0 saturated carbocycles. The Morgan fingerprint density at radius 1 is 1.27 bits per heavy atom. The van der Waals surface area contributed by atoms with E-state index in [9.17, 15) is 13.2 Å². The van der Waals surface area contributed by atoms with E-state index in [2.05, 4.69) is 18.8 Å². The van der Waals surface area contributed by atoms with Crippen LogP contribution in [-0.2, 0) is 12.6 Å². The van der Waals surface area contributed by atoms with Gasteiger partial charge in [-0.3, -0.25) is 4.98 Å². The molecule has 1 aromatic heterocycles. The Kier molecular flexibility index (Phi) is 3.72. The molecule has 84 valence electrons. The Morgan fingerprint density at radius 3 is 2.33 bits per heavy atom. The van der Waals surface area contributed by atoms with Crippen molar-refractivity contribution in [3.05, 3.63) is 29.6 Å². The molecule has 0 aliphatic heterocycles. The summed E-state index contributed by atoms with van der Waals surface area (Å²) >= 11 is 0.